The highest BCUT2D eigenvalue weighted by Crippen LogP contribution is 2.62. The number of nitrogens with one attached hydrogen (secondary N) is 1. The molecule has 186 valence electrons. The van der Waals surface area contributed by atoms with Gasteiger partial charge in [-0.3, -0.25) is 9.69 Å². The Morgan fingerprint density at radius 3 is 2.74 bits per heavy atom. The van der Waals surface area contributed by atoms with Crippen molar-refractivity contribution in [2.45, 2.75) is 62.0 Å². The van der Waals surface area contributed by atoms with Crippen LogP contribution < -0.4 is 5.32 Å². The highest BCUT2D eigenvalue weighted by Gasteiger charge is 2.68. The second-order valence-corrected chi connectivity index (χ2v) is 12.0. The molecule has 1 amide bonds. The molecule has 0 unspecified atom stereocenters. The molecule has 0 aromatic heterocycles. The number of aromatic hydroxyl groups is 1. The van der Waals surface area contributed by atoms with Crippen LogP contribution in [0.1, 0.15) is 48.8 Å². The lowest BCUT2D eigenvalue weighted by Gasteiger charge is -2.59. The van der Waals surface area contributed by atoms with E-state index in [9.17, 15) is 15.0 Å². The van der Waals surface area contributed by atoms with E-state index in [1.54, 1.807) is 18.2 Å². The van der Waals surface area contributed by atoms with Gasteiger partial charge in [0.15, 0.2) is 0 Å². The zero-order valence-corrected chi connectivity index (χ0v) is 21.3. The maximum absolute atomic E-state index is 13.4. The zero-order valence-electron chi connectivity index (χ0n) is 19.8. The van der Waals surface area contributed by atoms with E-state index in [2.05, 4.69) is 10.2 Å². The first-order valence-corrected chi connectivity index (χ1v) is 13.6. The van der Waals surface area contributed by atoms with Gasteiger partial charge < -0.3 is 15.5 Å². The summed E-state index contributed by atoms with van der Waals surface area (Å²) in [7, 11) is 0. The van der Waals surface area contributed by atoms with E-state index >= 15 is 0 Å². The minimum absolute atomic E-state index is 0.00613. The van der Waals surface area contributed by atoms with Crippen LogP contribution in [0.3, 0.4) is 0 Å². The molecule has 3 N–H and O–H groups in total. The Balaban J connectivity index is 1.24. The van der Waals surface area contributed by atoms with Crippen LogP contribution in [-0.2, 0) is 23.1 Å². The molecular formula is C28H32Cl2N2O3. The fourth-order valence-corrected chi connectivity index (χ4v) is 7.71. The Labute approximate surface area is 216 Å². The van der Waals surface area contributed by atoms with E-state index < -0.39 is 11.0 Å². The number of rotatable bonds is 6. The van der Waals surface area contributed by atoms with Crippen LogP contribution in [0.2, 0.25) is 10.0 Å². The van der Waals surface area contributed by atoms with Crippen molar-refractivity contribution in [2.75, 3.05) is 19.6 Å². The third kappa shape index (κ3) is 3.96. The van der Waals surface area contributed by atoms with Gasteiger partial charge in [0.2, 0.25) is 5.91 Å². The molecule has 0 radical (unpaired) electrons. The van der Waals surface area contributed by atoms with Crippen molar-refractivity contribution < 1.29 is 15.0 Å². The Kier molecular flexibility index (Phi) is 5.84. The lowest BCUT2D eigenvalue weighted by Crippen LogP contribution is -2.69. The number of halogens is 2. The molecule has 3 aliphatic carbocycles. The van der Waals surface area contributed by atoms with Gasteiger partial charge in [0.1, 0.15) is 5.75 Å². The Bertz CT molecular complexity index is 1170. The number of phenols is 1. The summed E-state index contributed by atoms with van der Waals surface area (Å²) in [6, 6.07) is 11.0. The normalized spacial score (nSPS) is 31.6. The van der Waals surface area contributed by atoms with Crippen molar-refractivity contribution in [1.82, 2.24) is 10.2 Å². The smallest absolute Gasteiger partial charge is 0.223 e. The van der Waals surface area contributed by atoms with Gasteiger partial charge in [-0.05, 0) is 98.4 Å². The molecule has 2 bridgehead atoms. The number of hydrogen-bond donors (Lipinski definition) is 3. The van der Waals surface area contributed by atoms with E-state index in [0.29, 0.717) is 35.9 Å². The minimum atomic E-state index is -0.970. The largest absolute Gasteiger partial charge is 0.508 e. The Morgan fingerprint density at radius 1 is 1.14 bits per heavy atom. The molecule has 4 aliphatic rings. The quantitative estimate of drug-likeness (QED) is 0.531. The van der Waals surface area contributed by atoms with Gasteiger partial charge >= 0.3 is 0 Å². The molecule has 3 fully saturated rings. The van der Waals surface area contributed by atoms with Crippen molar-refractivity contribution in [3.63, 3.8) is 0 Å². The first kappa shape index (κ1) is 23.6. The molecule has 7 heteroatoms. The number of amides is 1. The molecule has 1 aliphatic heterocycles. The number of hydrogen-bond acceptors (Lipinski definition) is 4. The second kappa shape index (κ2) is 8.65. The molecule has 2 aromatic rings. The average Bonchev–Trinajstić information content (AvgIpc) is 3.56. The maximum atomic E-state index is 13.4. The van der Waals surface area contributed by atoms with Crippen molar-refractivity contribution in [3.8, 4) is 5.75 Å². The van der Waals surface area contributed by atoms with Gasteiger partial charge in [0.05, 0.1) is 5.60 Å². The highest BCUT2D eigenvalue weighted by molar-refractivity contribution is 6.35. The first-order chi connectivity index (χ1) is 16.8. The summed E-state index contributed by atoms with van der Waals surface area (Å²) in [5, 5.41) is 27.0. The third-order valence-corrected chi connectivity index (χ3v) is 9.68. The topological polar surface area (TPSA) is 72.8 Å². The molecule has 1 saturated heterocycles. The standard InChI is InChI=1S/C28H32Cl2N2O3/c29-21-5-3-18(24(30)12-21)7-9-31-26(34)20-14-27-8-10-32(16-17-1-2-17)25(28(27,35)15-20)11-19-4-6-22(33)13-23(19)27/h3-6,12-13,17,20,25,33,35H,1-2,7-11,14-16H2,(H,31,34)/t20-,25-,27-,28-/m1/s1. The van der Waals surface area contributed by atoms with Crippen molar-refractivity contribution in [2.24, 2.45) is 11.8 Å². The van der Waals surface area contributed by atoms with E-state index in [1.165, 1.54) is 18.4 Å². The summed E-state index contributed by atoms with van der Waals surface area (Å²) < 4.78 is 0. The first-order valence-electron chi connectivity index (χ1n) is 12.8. The van der Waals surface area contributed by atoms with Crippen LogP contribution in [-0.4, -0.2) is 52.3 Å². The monoisotopic (exact) mass is 514 g/mol. The summed E-state index contributed by atoms with van der Waals surface area (Å²) in [6.07, 6.45) is 5.83. The van der Waals surface area contributed by atoms with Gasteiger partial charge in [-0.25, -0.2) is 0 Å². The van der Waals surface area contributed by atoms with E-state index in [0.717, 1.165) is 43.0 Å². The number of nitrogens with zero attached hydrogens (tertiary/aromatic N) is 1. The molecule has 6 rings (SSSR count). The molecule has 4 atom stereocenters. The van der Waals surface area contributed by atoms with Gasteiger partial charge in [-0.15, -0.1) is 0 Å². The van der Waals surface area contributed by atoms with Crippen LogP contribution in [0.5, 0.6) is 5.75 Å². The van der Waals surface area contributed by atoms with Crippen LogP contribution >= 0.6 is 23.2 Å². The summed E-state index contributed by atoms with van der Waals surface area (Å²) >= 11 is 12.3. The van der Waals surface area contributed by atoms with Gasteiger partial charge in [-0.1, -0.05) is 35.3 Å². The average molecular weight is 515 g/mol. The molecular weight excluding hydrogens is 483 g/mol. The molecule has 0 spiro atoms. The van der Waals surface area contributed by atoms with E-state index in [-0.39, 0.29) is 23.6 Å². The molecule has 2 aromatic carbocycles. The summed E-state index contributed by atoms with van der Waals surface area (Å²) in [5.41, 5.74) is 1.74. The number of carbonyl (C=O) groups is 1. The minimum Gasteiger partial charge on any atom is -0.508 e. The van der Waals surface area contributed by atoms with E-state index in [1.807, 2.05) is 18.2 Å². The van der Waals surface area contributed by atoms with Crippen LogP contribution in [0.4, 0.5) is 0 Å². The maximum Gasteiger partial charge on any atom is 0.223 e. The number of carbonyl (C=O) groups excluding carboxylic acids is 1. The zero-order chi connectivity index (χ0) is 24.4. The van der Waals surface area contributed by atoms with E-state index in [4.69, 9.17) is 23.2 Å². The number of fused-ring (bicyclic) bond motifs is 1. The SMILES string of the molecule is O=C(NCCc1ccc(Cl)cc1Cl)[C@@H]1C[C@]23CCN(CC4CC4)[C@H](Cc4ccc(O)cc42)[C@]3(O)C1. The molecule has 5 nitrogen and oxygen atoms in total. The summed E-state index contributed by atoms with van der Waals surface area (Å²) in [6.45, 7) is 2.45. The Morgan fingerprint density at radius 2 is 1.97 bits per heavy atom. The van der Waals surface area contributed by atoms with Gasteiger partial charge in [0, 0.05) is 40.5 Å². The lowest BCUT2D eigenvalue weighted by molar-refractivity contribution is -0.134. The molecule has 2 saturated carbocycles. The van der Waals surface area contributed by atoms with Crippen LogP contribution in [0.25, 0.3) is 0 Å². The predicted octanol–water partition coefficient (Wildman–Crippen LogP) is 4.48. The fourth-order valence-electron chi connectivity index (χ4n) is 7.20. The van der Waals surface area contributed by atoms with Crippen LogP contribution in [0, 0.1) is 11.8 Å². The molecule has 35 heavy (non-hydrogen) atoms. The predicted molar refractivity (Wildman–Crippen MR) is 137 cm³/mol. The Hall–Kier alpha value is -1.79. The van der Waals surface area contributed by atoms with Crippen molar-refractivity contribution >= 4 is 29.1 Å². The van der Waals surface area contributed by atoms with Crippen LogP contribution in [0.15, 0.2) is 36.4 Å². The second-order valence-electron chi connectivity index (χ2n) is 11.1. The molecule has 1 heterocycles. The highest BCUT2D eigenvalue weighted by atomic mass is 35.5. The summed E-state index contributed by atoms with van der Waals surface area (Å²) in [5.74, 6) is 0.699. The van der Waals surface area contributed by atoms with Crippen molar-refractivity contribution in [1.29, 1.82) is 0 Å². The van der Waals surface area contributed by atoms with Gasteiger partial charge in [-0.2, -0.15) is 0 Å². The van der Waals surface area contributed by atoms with Gasteiger partial charge in [0.25, 0.3) is 0 Å². The van der Waals surface area contributed by atoms with Crippen molar-refractivity contribution in [3.05, 3.63) is 63.1 Å². The fraction of sp³-hybridized carbons (Fsp3) is 0.536. The number of benzene rings is 2. The number of likely N-dealkylation sites (tertiary alicyclic amines) is 1. The lowest BCUT2D eigenvalue weighted by atomic mass is 9.56. The third-order valence-electron chi connectivity index (χ3n) is 9.09. The number of aliphatic hydroxyl groups is 1. The number of phenolic OH excluding ortho intramolecular Hbond substituents is 1. The summed E-state index contributed by atoms with van der Waals surface area (Å²) in [4.78, 5) is 15.8. The number of piperidine rings is 1.